The number of nitrogens with zero attached hydrogens (tertiary/aromatic N) is 1. The van der Waals surface area contributed by atoms with E-state index in [1.807, 2.05) is 0 Å². The van der Waals surface area contributed by atoms with Crippen LogP contribution in [0.5, 0.6) is 0 Å². The zero-order valence-corrected chi connectivity index (χ0v) is 9.08. The van der Waals surface area contributed by atoms with Gasteiger partial charge in [-0.1, -0.05) is 11.6 Å². The lowest BCUT2D eigenvalue weighted by Crippen LogP contribution is -1.97. The lowest BCUT2D eigenvalue weighted by molar-refractivity contribution is 0.0697. The number of hydrogen-bond donors (Lipinski definition) is 1. The summed E-state index contributed by atoms with van der Waals surface area (Å²) in [6, 6.07) is 4.01. The fourth-order valence-corrected chi connectivity index (χ4v) is 1.74. The average Bonchev–Trinajstić information content (AvgIpc) is 2.28. The van der Waals surface area contributed by atoms with Crippen molar-refractivity contribution in [3.8, 4) is 0 Å². The Hall–Kier alpha value is -1.75. The molecule has 0 aliphatic rings. The van der Waals surface area contributed by atoms with Gasteiger partial charge < -0.3 is 5.11 Å². The van der Waals surface area contributed by atoms with E-state index in [1.54, 1.807) is 0 Å². The molecule has 1 N–H and O–H groups in total. The molecule has 2 rings (SSSR count). The van der Waals surface area contributed by atoms with E-state index < -0.39 is 18.0 Å². The number of pyridine rings is 1. The zero-order chi connectivity index (χ0) is 12.6. The molecule has 2 aromatic rings. The minimum absolute atomic E-state index is 0.0207. The number of fused-ring (bicyclic) bond motifs is 1. The highest BCUT2D eigenvalue weighted by molar-refractivity contribution is 6.36. The van der Waals surface area contributed by atoms with E-state index in [0.717, 1.165) is 6.20 Å². The standard InChI is InChI=1S/C11H6ClF2NO2/c12-9-6-3-5(11(16)17)1-2-8(6)15-4-7(9)10(13)14/h1-4,10H,(H,16,17). The summed E-state index contributed by atoms with van der Waals surface area (Å²) in [5, 5.41) is 8.86. The van der Waals surface area contributed by atoms with Crippen molar-refractivity contribution in [2.45, 2.75) is 6.43 Å². The average molecular weight is 258 g/mol. The number of carboxylic acid groups (broad SMARTS) is 1. The molecule has 1 aromatic carbocycles. The number of carboxylic acids is 1. The van der Waals surface area contributed by atoms with Gasteiger partial charge in [-0.2, -0.15) is 0 Å². The summed E-state index contributed by atoms with van der Waals surface area (Å²) in [6.07, 6.45) is -1.75. The predicted molar refractivity (Wildman–Crippen MR) is 58.7 cm³/mol. The number of benzene rings is 1. The Morgan fingerprint density at radius 3 is 2.71 bits per heavy atom. The minimum atomic E-state index is -2.74. The van der Waals surface area contributed by atoms with E-state index in [2.05, 4.69) is 4.98 Å². The maximum atomic E-state index is 12.6. The Morgan fingerprint density at radius 1 is 1.41 bits per heavy atom. The van der Waals surface area contributed by atoms with Crippen molar-refractivity contribution in [3.63, 3.8) is 0 Å². The molecule has 0 unspecified atom stereocenters. The molecule has 88 valence electrons. The number of aromatic carboxylic acids is 1. The molecular weight excluding hydrogens is 252 g/mol. The van der Waals surface area contributed by atoms with Gasteiger partial charge in [0, 0.05) is 11.6 Å². The van der Waals surface area contributed by atoms with Crippen molar-refractivity contribution in [1.82, 2.24) is 4.98 Å². The van der Waals surface area contributed by atoms with Gasteiger partial charge >= 0.3 is 5.97 Å². The third-order valence-corrected chi connectivity index (χ3v) is 2.73. The second-order valence-corrected chi connectivity index (χ2v) is 3.74. The highest BCUT2D eigenvalue weighted by Gasteiger charge is 2.16. The van der Waals surface area contributed by atoms with E-state index in [4.69, 9.17) is 16.7 Å². The molecule has 0 aliphatic carbocycles. The fraction of sp³-hybridized carbons (Fsp3) is 0.0909. The van der Waals surface area contributed by atoms with E-state index in [0.29, 0.717) is 5.52 Å². The molecule has 0 saturated carbocycles. The lowest BCUT2D eigenvalue weighted by atomic mass is 10.1. The number of alkyl halides is 2. The van der Waals surface area contributed by atoms with Gasteiger partial charge in [0.2, 0.25) is 0 Å². The lowest BCUT2D eigenvalue weighted by Gasteiger charge is -2.06. The zero-order valence-electron chi connectivity index (χ0n) is 8.32. The number of aromatic nitrogens is 1. The molecular formula is C11H6ClF2NO2. The topological polar surface area (TPSA) is 50.2 Å². The van der Waals surface area contributed by atoms with Crippen LogP contribution in [0.3, 0.4) is 0 Å². The Balaban J connectivity index is 2.73. The van der Waals surface area contributed by atoms with Crippen LogP contribution in [0.15, 0.2) is 24.4 Å². The highest BCUT2D eigenvalue weighted by atomic mass is 35.5. The molecule has 0 spiro atoms. The van der Waals surface area contributed by atoms with Crippen molar-refractivity contribution in [2.24, 2.45) is 0 Å². The summed E-state index contributed by atoms with van der Waals surface area (Å²) in [6.45, 7) is 0. The Labute approximate surface area is 99.7 Å². The molecule has 0 saturated heterocycles. The van der Waals surface area contributed by atoms with Gasteiger partial charge in [-0.15, -0.1) is 0 Å². The normalized spacial score (nSPS) is 11.1. The molecule has 0 aliphatic heterocycles. The molecule has 6 heteroatoms. The molecule has 0 amide bonds. The Kier molecular flexibility index (Phi) is 2.93. The summed E-state index contributed by atoms with van der Waals surface area (Å²) in [4.78, 5) is 14.6. The van der Waals surface area contributed by atoms with Crippen LogP contribution in [0.4, 0.5) is 8.78 Å². The van der Waals surface area contributed by atoms with E-state index in [1.165, 1.54) is 18.2 Å². The van der Waals surface area contributed by atoms with E-state index in [-0.39, 0.29) is 16.0 Å². The number of halogens is 3. The first-order chi connectivity index (χ1) is 8.00. The van der Waals surface area contributed by atoms with Crippen LogP contribution in [0.25, 0.3) is 10.9 Å². The summed E-state index contributed by atoms with van der Waals surface area (Å²) >= 11 is 5.80. The summed E-state index contributed by atoms with van der Waals surface area (Å²) in [5.74, 6) is -1.15. The van der Waals surface area contributed by atoms with Crippen molar-refractivity contribution < 1.29 is 18.7 Å². The smallest absolute Gasteiger partial charge is 0.335 e. The summed E-state index contributed by atoms with van der Waals surface area (Å²) in [7, 11) is 0. The molecule has 0 radical (unpaired) electrons. The highest BCUT2D eigenvalue weighted by Crippen LogP contribution is 2.32. The molecule has 0 atom stereocenters. The van der Waals surface area contributed by atoms with Crippen molar-refractivity contribution in [2.75, 3.05) is 0 Å². The SMILES string of the molecule is O=C(O)c1ccc2ncc(C(F)F)c(Cl)c2c1. The van der Waals surface area contributed by atoms with Crippen molar-refractivity contribution in [3.05, 3.63) is 40.5 Å². The first-order valence-electron chi connectivity index (χ1n) is 4.60. The first kappa shape index (κ1) is 11.7. The Bertz CT molecular complexity index is 601. The molecule has 0 fully saturated rings. The third kappa shape index (κ3) is 2.06. The quantitative estimate of drug-likeness (QED) is 0.895. The van der Waals surface area contributed by atoms with Crippen molar-refractivity contribution in [1.29, 1.82) is 0 Å². The first-order valence-corrected chi connectivity index (χ1v) is 4.98. The molecule has 1 heterocycles. The van der Waals surface area contributed by atoms with Gasteiger partial charge in [0.05, 0.1) is 21.7 Å². The van der Waals surface area contributed by atoms with Gasteiger partial charge in [-0.25, -0.2) is 13.6 Å². The maximum absolute atomic E-state index is 12.6. The van der Waals surface area contributed by atoms with Crippen LogP contribution in [-0.4, -0.2) is 16.1 Å². The van der Waals surface area contributed by atoms with Gasteiger partial charge in [0.15, 0.2) is 0 Å². The molecule has 17 heavy (non-hydrogen) atoms. The second-order valence-electron chi connectivity index (χ2n) is 3.37. The van der Waals surface area contributed by atoms with Gasteiger partial charge in [0.1, 0.15) is 0 Å². The van der Waals surface area contributed by atoms with Crippen LogP contribution >= 0.6 is 11.6 Å². The van der Waals surface area contributed by atoms with E-state index in [9.17, 15) is 13.6 Å². The van der Waals surface area contributed by atoms with Gasteiger partial charge in [0.25, 0.3) is 6.43 Å². The van der Waals surface area contributed by atoms with Gasteiger partial charge in [-0.05, 0) is 18.2 Å². The summed E-state index contributed by atoms with van der Waals surface area (Å²) < 4.78 is 25.1. The van der Waals surface area contributed by atoms with Crippen LogP contribution < -0.4 is 0 Å². The summed E-state index contributed by atoms with van der Waals surface area (Å²) in [5.41, 5.74) is -0.0429. The predicted octanol–water partition coefficient (Wildman–Crippen LogP) is 3.52. The van der Waals surface area contributed by atoms with E-state index >= 15 is 0 Å². The van der Waals surface area contributed by atoms with Crippen LogP contribution in [0.1, 0.15) is 22.3 Å². The molecule has 0 bridgehead atoms. The monoisotopic (exact) mass is 257 g/mol. The molecule has 3 nitrogen and oxygen atoms in total. The van der Waals surface area contributed by atoms with Crippen LogP contribution in [0, 0.1) is 0 Å². The van der Waals surface area contributed by atoms with Gasteiger partial charge in [-0.3, -0.25) is 4.98 Å². The van der Waals surface area contributed by atoms with Crippen LogP contribution in [0.2, 0.25) is 5.02 Å². The van der Waals surface area contributed by atoms with Crippen molar-refractivity contribution >= 4 is 28.5 Å². The largest absolute Gasteiger partial charge is 0.478 e. The van der Waals surface area contributed by atoms with Crippen LogP contribution in [-0.2, 0) is 0 Å². The number of carbonyl (C=O) groups is 1. The maximum Gasteiger partial charge on any atom is 0.335 e. The number of hydrogen-bond acceptors (Lipinski definition) is 2. The molecule has 1 aromatic heterocycles. The Morgan fingerprint density at radius 2 is 2.12 bits per heavy atom. The minimum Gasteiger partial charge on any atom is -0.478 e. The number of rotatable bonds is 2. The second kappa shape index (κ2) is 4.25. The fourth-order valence-electron chi connectivity index (χ4n) is 1.46. The third-order valence-electron chi connectivity index (χ3n) is 2.31.